The summed E-state index contributed by atoms with van der Waals surface area (Å²) in [5.74, 6) is 1.39. The van der Waals surface area contributed by atoms with Crippen LogP contribution in [0.25, 0.3) is 0 Å². The number of benzene rings is 2. The number of rotatable bonds is 5. The van der Waals surface area contributed by atoms with E-state index in [0.717, 1.165) is 11.1 Å². The summed E-state index contributed by atoms with van der Waals surface area (Å²) in [5.41, 5.74) is 1.65. The summed E-state index contributed by atoms with van der Waals surface area (Å²) in [6, 6.07) is 15.0. The van der Waals surface area contributed by atoms with Gasteiger partial charge in [0.05, 0.1) is 12.2 Å². The van der Waals surface area contributed by atoms with E-state index in [-0.39, 0.29) is 0 Å². The average Bonchev–Trinajstić information content (AvgIpc) is 2.59. The maximum Gasteiger partial charge on any atom is 0.161 e. The molecule has 1 heterocycles. The first-order valence-corrected chi connectivity index (χ1v) is 7.54. The minimum Gasteiger partial charge on any atom is -0.486 e. The quantitative estimate of drug-likeness (QED) is 0.891. The molecule has 0 aromatic heterocycles. The maximum absolute atomic E-state index is 10.3. The van der Waals surface area contributed by atoms with Gasteiger partial charge < -0.3 is 19.7 Å². The Hall–Kier alpha value is -2.04. The van der Waals surface area contributed by atoms with Gasteiger partial charge in [-0.1, -0.05) is 36.4 Å². The molecular weight excluding hydrogens is 280 g/mol. The Morgan fingerprint density at radius 2 is 1.41 bits per heavy atom. The van der Waals surface area contributed by atoms with Crippen molar-refractivity contribution in [3.8, 4) is 11.5 Å². The van der Waals surface area contributed by atoms with E-state index in [4.69, 9.17) is 9.47 Å². The SMILES string of the molecule is OC(CCC(O)c1ccc2c(c1)OCCO2)c1ccccc1. The van der Waals surface area contributed by atoms with Crippen LogP contribution in [0.1, 0.15) is 36.2 Å². The summed E-state index contributed by atoms with van der Waals surface area (Å²) in [6.45, 7) is 1.08. The molecule has 0 saturated heterocycles. The van der Waals surface area contributed by atoms with Crippen molar-refractivity contribution in [1.29, 1.82) is 0 Å². The largest absolute Gasteiger partial charge is 0.486 e. The fraction of sp³-hybridized carbons (Fsp3) is 0.333. The summed E-state index contributed by atoms with van der Waals surface area (Å²) in [4.78, 5) is 0. The molecule has 1 aliphatic rings. The van der Waals surface area contributed by atoms with E-state index < -0.39 is 12.2 Å². The van der Waals surface area contributed by atoms with Gasteiger partial charge in [0.15, 0.2) is 11.5 Å². The molecule has 2 N–H and O–H groups in total. The zero-order chi connectivity index (χ0) is 15.4. The van der Waals surface area contributed by atoms with Gasteiger partial charge in [-0.3, -0.25) is 0 Å². The van der Waals surface area contributed by atoms with Gasteiger partial charge in [0.25, 0.3) is 0 Å². The Kier molecular flexibility index (Phi) is 4.61. The molecule has 4 heteroatoms. The van der Waals surface area contributed by atoms with Gasteiger partial charge in [-0.05, 0) is 36.1 Å². The number of fused-ring (bicyclic) bond motifs is 1. The van der Waals surface area contributed by atoms with Crippen molar-refractivity contribution >= 4 is 0 Å². The predicted octanol–water partition coefficient (Wildman–Crippen LogP) is 3.01. The second-order valence-electron chi connectivity index (χ2n) is 5.42. The van der Waals surface area contributed by atoms with E-state index in [1.807, 2.05) is 48.5 Å². The smallest absolute Gasteiger partial charge is 0.161 e. The number of ether oxygens (including phenoxy) is 2. The van der Waals surface area contributed by atoms with Gasteiger partial charge in [0.2, 0.25) is 0 Å². The first-order valence-electron chi connectivity index (χ1n) is 7.54. The zero-order valence-electron chi connectivity index (χ0n) is 12.3. The molecule has 2 unspecified atom stereocenters. The van der Waals surface area contributed by atoms with Gasteiger partial charge in [-0.25, -0.2) is 0 Å². The van der Waals surface area contributed by atoms with Crippen LogP contribution < -0.4 is 9.47 Å². The van der Waals surface area contributed by atoms with Crippen molar-refractivity contribution in [3.63, 3.8) is 0 Å². The second-order valence-corrected chi connectivity index (χ2v) is 5.42. The highest BCUT2D eigenvalue weighted by Crippen LogP contribution is 2.34. The van der Waals surface area contributed by atoms with Crippen molar-refractivity contribution in [3.05, 3.63) is 59.7 Å². The molecule has 4 nitrogen and oxygen atoms in total. The third kappa shape index (κ3) is 3.40. The lowest BCUT2D eigenvalue weighted by Crippen LogP contribution is -2.15. The fourth-order valence-corrected chi connectivity index (χ4v) is 2.59. The highest BCUT2D eigenvalue weighted by molar-refractivity contribution is 5.44. The van der Waals surface area contributed by atoms with Crippen LogP contribution in [0, 0.1) is 0 Å². The van der Waals surface area contributed by atoms with Crippen molar-refractivity contribution in [2.45, 2.75) is 25.0 Å². The van der Waals surface area contributed by atoms with Crippen molar-refractivity contribution < 1.29 is 19.7 Å². The molecule has 2 atom stereocenters. The van der Waals surface area contributed by atoms with Crippen molar-refractivity contribution in [2.75, 3.05) is 13.2 Å². The van der Waals surface area contributed by atoms with Crippen LogP contribution >= 0.6 is 0 Å². The van der Waals surface area contributed by atoms with E-state index in [1.54, 1.807) is 0 Å². The van der Waals surface area contributed by atoms with Crippen molar-refractivity contribution in [1.82, 2.24) is 0 Å². The molecule has 0 saturated carbocycles. The number of aliphatic hydroxyl groups excluding tert-OH is 2. The molecule has 2 aromatic rings. The monoisotopic (exact) mass is 300 g/mol. The predicted molar refractivity (Wildman–Crippen MR) is 83.0 cm³/mol. The van der Waals surface area contributed by atoms with Crippen LogP contribution in [0.3, 0.4) is 0 Å². The molecule has 0 radical (unpaired) electrons. The van der Waals surface area contributed by atoms with E-state index in [1.165, 1.54) is 0 Å². The van der Waals surface area contributed by atoms with Crippen LogP contribution in [0.4, 0.5) is 0 Å². The minimum absolute atomic E-state index is 0.482. The summed E-state index contributed by atoms with van der Waals surface area (Å²) in [6.07, 6.45) is -0.211. The molecule has 116 valence electrons. The zero-order valence-corrected chi connectivity index (χ0v) is 12.3. The Morgan fingerprint density at radius 3 is 2.14 bits per heavy atom. The molecule has 22 heavy (non-hydrogen) atoms. The molecule has 0 bridgehead atoms. The van der Waals surface area contributed by atoms with Gasteiger partial charge in [-0.2, -0.15) is 0 Å². The Balaban J connectivity index is 1.61. The highest BCUT2D eigenvalue weighted by Gasteiger charge is 2.17. The molecule has 1 aliphatic heterocycles. The Labute approximate surface area is 129 Å². The average molecular weight is 300 g/mol. The topological polar surface area (TPSA) is 58.9 Å². The molecule has 2 aromatic carbocycles. The highest BCUT2D eigenvalue weighted by atomic mass is 16.6. The van der Waals surface area contributed by atoms with E-state index in [2.05, 4.69) is 0 Å². The van der Waals surface area contributed by atoms with Crippen LogP contribution in [-0.4, -0.2) is 23.4 Å². The minimum atomic E-state index is -0.630. The lowest BCUT2D eigenvalue weighted by Gasteiger charge is -2.20. The Morgan fingerprint density at radius 1 is 0.773 bits per heavy atom. The van der Waals surface area contributed by atoms with Gasteiger partial charge in [0, 0.05) is 0 Å². The molecule has 0 spiro atoms. The van der Waals surface area contributed by atoms with Crippen molar-refractivity contribution in [2.24, 2.45) is 0 Å². The number of hydrogen-bond donors (Lipinski definition) is 2. The lowest BCUT2D eigenvalue weighted by molar-refractivity contribution is 0.114. The summed E-state index contributed by atoms with van der Waals surface area (Å²) >= 11 is 0. The second kappa shape index (κ2) is 6.81. The lowest BCUT2D eigenvalue weighted by atomic mass is 9.99. The first-order chi connectivity index (χ1) is 10.7. The third-order valence-corrected chi connectivity index (χ3v) is 3.85. The fourth-order valence-electron chi connectivity index (χ4n) is 2.59. The van der Waals surface area contributed by atoms with Gasteiger partial charge >= 0.3 is 0 Å². The summed E-state index contributed by atoms with van der Waals surface area (Å²) in [7, 11) is 0. The number of aliphatic hydroxyl groups is 2. The standard InChI is InChI=1S/C18H20O4/c19-15(13-4-2-1-3-5-13)7-8-16(20)14-6-9-17-18(12-14)22-11-10-21-17/h1-6,9,12,15-16,19-20H,7-8,10-11H2. The molecule has 3 rings (SSSR count). The first kappa shape index (κ1) is 14.9. The summed E-state index contributed by atoms with van der Waals surface area (Å²) in [5, 5.41) is 20.5. The van der Waals surface area contributed by atoms with E-state index in [0.29, 0.717) is 37.6 Å². The molecule has 0 aliphatic carbocycles. The van der Waals surface area contributed by atoms with E-state index >= 15 is 0 Å². The molecular formula is C18H20O4. The third-order valence-electron chi connectivity index (χ3n) is 3.85. The van der Waals surface area contributed by atoms with Crippen LogP contribution in [0.2, 0.25) is 0 Å². The van der Waals surface area contributed by atoms with Gasteiger partial charge in [0.1, 0.15) is 13.2 Å². The van der Waals surface area contributed by atoms with Crippen LogP contribution in [0.5, 0.6) is 11.5 Å². The van der Waals surface area contributed by atoms with Crippen LogP contribution in [-0.2, 0) is 0 Å². The maximum atomic E-state index is 10.3. The molecule has 0 amide bonds. The normalized spacial score (nSPS) is 16.1. The van der Waals surface area contributed by atoms with Crippen LogP contribution in [0.15, 0.2) is 48.5 Å². The number of hydrogen-bond acceptors (Lipinski definition) is 4. The van der Waals surface area contributed by atoms with E-state index in [9.17, 15) is 10.2 Å². The van der Waals surface area contributed by atoms with Gasteiger partial charge in [-0.15, -0.1) is 0 Å². The molecule has 0 fully saturated rings. The summed E-state index contributed by atoms with van der Waals surface area (Å²) < 4.78 is 11.0. The Bertz CT molecular complexity index is 612.